The van der Waals surface area contributed by atoms with Gasteiger partial charge in [0.1, 0.15) is 30.0 Å². The summed E-state index contributed by atoms with van der Waals surface area (Å²) < 4.78 is 139. The number of carbonyl (C=O) groups excluding carboxylic acids is 2. The van der Waals surface area contributed by atoms with Crippen molar-refractivity contribution in [3.63, 3.8) is 0 Å². The standard InChI is InChI=1S/C18H9Cl2F3N6O3S.C17H16Cl2F3N3O5S/c19-8-3-12(29-33(31,32)9-1-2-11(20)10(4-9)18(21,22)23)13(24-5-8)16(30)14-15-17(27-6-25-14)28-7-26-15;1-24(30-3)16(26)15-14(6-10(18)8-23-15)25(9-29-2)31(27,28)11-4-5-13(19)12(7-11)17(20,21)22/h1-7,29H,(H,25,26,27,28);4-8H,9H2,1-3H3. The summed E-state index contributed by atoms with van der Waals surface area (Å²) in [6.07, 6.45) is -5.21. The van der Waals surface area contributed by atoms with Crippen LogP contribution >= 0.6 is 46.4 Å². The zero-order valence-electron chi connectivity index (χ0n) is 32.1. The Kier molecular flexibility index (Phi) is 15.0. The van der Waals surface area contributed by atoms with E-state index in [1.54, 1.807) is 0 Å². The first-order chi connectivity index (χ1) is 29.8. The van der Waals surface area contributed by atoms with Crippen LogP contribution in [0.3, 0.4) is 0 Å². The van der Waals surface area contributed by atoms with Crippen molar-refractivity contribution in [2.45, 2.75) is 22.1 Å². The van der Waals surface area contributed by atoms with Crippen LogP contribution in [0.1, 0.15) is 37.8 Å². The largest absolute Gasteiger partial charge is 0.417 e. The Bertz CT molecular complexity index is 2980. The first kappa shape index (κ1) is 49.6. The minimum Gasteiger partial charge on any atom is -0.363 e. The van der Waals surface area contributed by atoms with Gasteiger partial charge in [-0.3, -0.25) is 19.1 Å². The van der Waals surface area contributed by atoms with E-state index in [0.29, 0.717) is 16.4 Å². The molecule has 340 valence electrons. The van der Waals surface area contributed by atoms with E-state index < -0.39 is 87.5 Å². The predicted molar refractivity (Wildman–Crippen MR) is 218 cm³/mol. The number of pyridine rings is 2. The summed E-state index contributed by atoms with van der Waals surface area (Å²) in [7, 11) is -5.68. The lowest BCUT2D eigenvalue weighted by molar-refractivity contribution is -0.138. The smallest absolute Gasteiger partial charge is 0.363 e. The maximum Gasteiger partial charge on any atom is 0.417 e. The number of ketones is 1. The second kappa shape index (κ2) is 19.4. The lowest BCUT2D eigenvalue weighted by Crippen LogP contribution is -2.36. The summed E-state index contributed by atoms with van der Waals surface area (Å²) in [5.74, 6) is -1.65. The molecule has 6 rings (SSSR count). The molecule has 0 aliphatic heterocycles. The number of halogens is 10. The molecule has 17 nitrogen and oxygen atoms in total. The molecule has 0 fully saturated rings. The Morgan fingerprint density at radius 2 is 1.31 bits per heavy atom. The maximum absolute atomic E-state index is 13.2. The first-order valence-corrected chi connectivity index (χ1v) is 21.3. The van der Waals surface area contributed by atoms with Gasteiger partial charge in [-0.05, 0) is 48.5 Å². The van der Waals surface area contributed by atoms with E-state index >= 15 is 0 Å². The van der Waals surface area contributed by atoms with Gasteiger partial charge in [-0.1, -0.05) is 46.4 Å². The quantitative estimate of drug-likeness (QED) is 0.0515. The molecule has 64 heavy (non-hydrogen) atoms. The topological polar surface area (TPSA) is 220 Å². The molecule has 0 spiro atoms. The number of imidazole rings is 1. The number of nitrogens with zero attached hydrogens (tertiary/aromatic N) is 7. The SMILES string of the molecule is COCN(c1cc(Cl)cnc1C(=O)N(C)OC)S(=O)(=O)c1ccc(Cl)c(C(F)(F)F)c1.O=C(c1ncc(Cl)cc1NS(=O)(=O)c1ccc(Cl)c(C(F)(F)F)c1)c1ncnc2nc[nH]c12. The van der Waals surface area contributed by atoms with E-state index in [-0.39, 0.29) is 44.0 Å². The Morgan fingerprint density at radius 1 is 0.750 bits per heavy atom. The third-order valence-corrected chi connectivity index (χ3v) is 12.4. The number of nitrogens with one attached hydrogen (secondary N) is 2. The molecule has 0 aliphatic carbocycles. The van der Waals surface area contributed by atoms with Crippen molar-refractivity contribution in [1.82, 2.24) is 35.0 Å². The Labute approximate surface area is 377 Å². The molecule has 0 saturated carbocycles. The molecule has 29 heteroatoms. The molecule has 4 aromatic heterocycles. The van der Waals surface area contributed by atoms with Crippen LogP contribution in [0.25, 0.3) is 11.2 Å². The zero-order valence-corrected chi connectivity index (χ0v) is 36.8. The van der Waals surface area contributed by atoms with Gasteiger partial charge in [0, 0.05) is 26.6 Å². The number of ether oxygens (including phenoxy) is 1. The van der Waals surface area contributed by atoms with Crippen LogP contribution < -0.4 is 9.03 Å². The van der Waals surface area contributed by atoms with E-state index in [4.69, 9.17) is 56.0 Å². The van der Waals surface area contributed by atoms with E-state index in [0.717, 1.165) is 67.3 Å². The third-order valence-electron chi connectivity index (χ3n) is 8.25. The molecule has 0 saturated heterocycles. The van der Waals surface area contributed by atoms with Crippen molar-refractivity contribution in [3.05, 3.63) is 122 Å². The maximum atomic E-state index is 13.2. The van der Waals surface area contributed by atoms with Gasteiger partial charge in [-0.2, -0.15) is 26.3 Å². The molecule has 2 aromatic carbocycles. The molecule has 0 atom stereocenters. The number of sulfonamides is 2. The molecular formula is C35H25Cl4F6N9O8S2. The fourth-order valence-corrected chi connectivity index (χ4v) is 8.50. The summed E-state index contributed by atoms with van der Waals surface area (Å²) in [4.78, 5) is 51.2. The summed E-state index contributed by atoms with van der Waals surface area (Å²) in [5.41, 5.74) is -3.96. The number of methoxy groups -OCH3 is 1. The van der Waals surface area contributed by atoms with Gasteiger partial charge >= 0.3 is 12.4 Å². The highest BCUT2D eigenvalue weighted by Gasteiger charge is 2.38. The van der Waals surface area contributed by atoms with Crippen molar-refractivity contribution in [3.8, 4) is 0 Å². The number of rotatable bonds is 12. The lowest BCUT2D eigenvalue weighted by Gasteiger charge is -2.26. The Hall–Kier alpha value is -5.41. The van der Waals surface area contributed by atoms with Crippen molar-refractivity contribution < 1.29 is 62.3 Å². The second-order valence-electron chi connectivity index (χ2n) is 12.4. The van der Waals surface area contributed by atoms with Crippen molar-refractivity contribution in [1.29, 1.82) is 0 Å². The first-order valence-electron chi connectivity index (χ1n) is 16.9. The highest BCUT2D eigenvalue weighted by molar-refractivity contribution is 7.93. The van der Waals surface area contributed by atoms with Crippen LogP contribution in [-0.2, 0) is 42.0 Å². The monoisotopic (exact) mass is 1020 g/mol. The van der Waals surface area contributed by atoms with Gasteiger partial charge in [0.05, 0.1) is 65.8 Å². The third kappa shape index (κ3) is 10.9. The van der Waals surface area contributed by atoms with E-state index in [1.165, 1.54) is 20.5 Å². The van der Waals surface area contributed by atoms with Crippen molar-refractivity contribution >= 4 is 101 Å². The van der Waals surface area contributed by atoms with Crippen LogP contribution in [0, 0.1) is 0 Å². The summed E-state index contributed by atoms with van der Waals surface area (Å²) in [5, 5.41) is -0.636. The van der Waals surface area contributed by atoms with Crippen LogP contribution in [0.4, 0.5) is 37.7 Å². The number of amides is 1. The normalized spacial score (nSPS) is 12.1. The van der Waals surface area contributed by atoms with Gasteiger partial charge in [-0.25, -0.2) is 51.1 Å². The number of aromatic nitrogens is 6. The number of benzene rings is 2. The van der Waals surface area contributed by atoms with Crippen molar-refractivity contribution in [2.24, 2.45) is 0 Å². The number of H-pyrrole nitrogens is 1. The zero-order chi connectivity index (χ0) is 47.5. The predicted octanol–water partition coefficient (Wildman–Crippen LogP) is 7.95. The molecule has 4 heterocycles. The molecular weight excluding hydrogens is 994 g/mol. The Balaban J connectivity index is 0.000000242. The fraction of sp³-hybridized carbons (Fsp3) is 0.171. The fourth-order valence-electron chi connectivity index (χ4n) is 5.25. The van der Waals surface area contributed by atoms with Gasteiger partial charge in [-0.15, -0.1) is 0 Å². The van der Waals surface area contributed by atoms with E-state index in [1.807, 2.05) is 0 Å². The average Bonchev–Trinajstić information content (AvgIpc) is 3.71. The van der Waals surface area contributed by atoms with E-state index in [2.05, 4.69) is 34.6 Å². The summed E-state index contributed by atoms with van der Waals surface area (Å²) in [6.45, 7) is -0.661. The van der Waals surface area contributed by atoms with Crippen LogP contribution in [-0.4, -0.2) is 91.5 Å². The minimum absolute atomic E-state index is 0.0324. The highest BCUT2D eigenvalue weighted by atomic mass is 35.5. The number of alkyl halides is 6. The molecule has 0 bridgehead atoms. The number of fused-ring (bicyclic) bond motifs is 1. The summed E-state index contributed by atoms with van der Waals surface area (Å²) >= 11 is 23.0. The number of hydroxylamine groups is 2. The lowest BCUT2D eigenvalue weighted by atomic mass is 10.1. The highest BCUT2D eigenvalue weighted by Crippen LogP contribution is 2.39. The van der Waals surface area contributed by atoms with Crippen LogP contribution in [0.2, 0.25) is 20.1 Å². The molecule has 1 amide bonds. The van der Waals surface area contributed by atoms with Gasteiger partial charge in [0.15, 0.2) is 11.3 Å². The van der Waals surface area contributed by atoms with Gasteiger partial charge < -0.3 is 9.72 Å². The summed E-state index contributed by atoms with van der Waals surface area (Å²) in [6, 6.07) is 6.37. The molecule has 6 aromatic rings. The van der Waals surface area contributed by atoms with Crippen molar-refractivity contribution in [2.75, 3.05) is 37.0 Å². The van der Waals surface area contributed by atoms with Gasteiger partial charge in [0.2, 0.25) is 5.78 Å². The second-order valence-corrected chi connectivity index (χ2v) is 17.6. The number of carbonyl (C=O) groups is 2. The van der Waals surface area contributed by atoms with E-state index in [9.17, 15) is 52.8 Å². The van der Waals surface area contributed by atoms with Gasteiger partial charge in [0.25, 0.3) is 26.0 Å². The minimum atomic E-state index is -4.89. The number of anilines is 2. The molecule has 0 radical (unpaired) electrons. The Morgan fingerprint density at radius 3 is 1.89 bits per heavy atom. The molecule has 0 unspecified atom stereocenters. The number of aromatic amines is 1. The molecule has 0 aliphatic rings. The van der Waals surface area contributed by atoms with Crippen LogP contribution in [0.5, 0.6) is 0 Å². The van der Waals surface area contributed by atoms with Crippen LogP contribution in [0.15, 0.2) is 83.4 Å². The molecule has 2 N–H and O–H groups in total. The number of hydrogen-bond acceptors (Lipinski definition) is 13. The average molecular weight is 1020 g/mol. The number of hydrogen-bond donors (Lipinski definition) is 2.